The Morgan fingerprint density at radius 3 is 1.72 bits per heavy atom. The number of carboxylic acid groups (broad SMARTS) is 1. The maximum atomic E-state index is 15.2. The number of aromatic hydroxyl groups is 1. The molecule has 0 unspecified atom stereocenters. The lowest BCUT2D eigenvalue weighted by atomic mass is 9.94. The van der Waals surface area contributed by atoms with Gasteiger partial charge in [0.15, 0.2) is 23.1 Å². The van der Waals surface area contributed by atoms with Crippen LogP contribution in [0.4, 0.5) is 30.0 Å². The topological polar surface area (TPSA) is 358 Å². The lowest BCUT2D eigenvalue weighted by molar-refractivity contribution is -0.144. The van der Waals surface area contributed by atoms with Crippen molar-refractivity contribution in [2.24, 2.45) is 22.1 Å². The van der Waals surface area contributed by atoms with Gasteiger partial charge in [0.1, 0.15) is 18.2 Å². The van der Waals surface area contributed by atoms with Crippen LogP contribution in [0.2, 0.25) is 0 Å². The van der Waals surface area contributed by atoms with Gasteiger partial charge in [-0.1, -0.05) is 48.3 Å². The summed E-state index contributed by atoms with van der Waals surface area (Å²) in [6.45, 7) is 12.4. The number of anilines is 2. The van der Waals surface area contributed by atoms with E-state index in [1.54, 1.807) is 32.6 Å². The van der Waals surface area contributed by atoms with Gasteiger partial charge in [-0.25, -0.2) is 28.3 Å². The quantitative estimate of drug-likeness (QED) is 0.0103. The Kier molecular flexibility index (Phi) is 35.2. The number of aliphatic hydroxyl groups is 1. The maximum Gasteiger partial charge on any atom is 0.320 e. The first-order valence-corrected chi connectivity index (χ1v) is 37.2. The number of amides is 6. The Morgan fingerprint density at radius 1 is 0.667 bits per heavy atom. The Hall–Kier alpha value is -9.24. The second kappa shape index (κ2) is 44.5. The summed E-state index contributed by atoms with van der Waals surface area (Å²) < 4.78 is 45.0. The first-order valence-electron chi connectivity index (χ1n) is 37.2. The van der Waals surface area contributed by atoms with E-state index in [4.69, 9.17) is 40.3 Å². The summed E-state index contributed by atoms with van der Waals surface area (Å²) in [7, 11) is 0. The SMILES string of the molecule is C.C1CCOC1.CCOC(=O)C[C@@H](c1ccc(O)c(F)c1)N1CCN(CCCc2ccc3c(n2)NCCC3)C1=O.[N-]=[N+]=NCC(=O)N1CCC(CCOc2ccc([C@H](CC(=O)O)N3CCN(CCCc4ccc5c(n4)NCCC5)C3=O)cc2F)CC1.[N-]=[N+]=NCCCCCC(=O)N1CCC(CCO)CC1. The van der Waals surface area contributed by atoms with Crippen LogP contribution in [-0.2, 0) is 54.3 Å². The number of carbonyl (C=O) groups is 6. The molecule has 5 saturated heterocycles. The first kappa shape index (κ1) is 83.0. The number of likely N-dealkylation sites (tertiary alicyclic amines) is 2. The molecule has 7 aliphatic heterocycles. The lowest BCUT2D eigenvalue weighted by Crippen LogP contribution is -2.39. The molecule has 0 spiro atoms. The molecule has 28 nitrogen and oxygen atoms in total. The lowest BCUT2D eigenvalue weighted by Gasteiger charge is -2.31. The zero-order valence-electron chi connectivity index (χ0n) is 60.1. The number of pyridine rings is 2. The van der Waals surface area contributed by atoms with E-state index >= 15 is 4.39 Å². The summed E-state index contributed by atoms with van der Waals surface area (Å²) in [5, 5.41) is 41.6. The Morgan fingerprint density at radius 2 is 1.21 bits per heavy atom. The summed E-state index contributed by atoms with van der Waals surface area (Å²) in [5.74, 6) is -0.462. The number of urea groups is 2. The molecule has 11 rings (SSSR count). The van der Waals surface area contributed by atoms with E-state index in [0.29, 0.717) is 101 Å². The van der Waals surface area contributed by atoms with Gasteiger partial charge < -0.3 is 69.6 Å². The second-order valence-electron chi connectivity index (χ2n) is 27.1. The van der Waals surface area contributed by atoms with E-state index in [-0.39, 0.29) is 69.7 Å². The highest BCUT2D eigenvalue weighted by molar-refractivity contribution is 5.80. The fourth-order valence-corrected chi connectivity index (χ4v) is 14.0. The number of aliphatic carboxylic acids is 1. The summed E-state index contributed by atoms with van der Waals surface area (Å²) in [4.78, 5) is 99.5. The number of nitrogens with one attached hydrogen (secondary N) is 2. The number of esters is 1. The molecule has 2 aromatic carbocycles. The average Bonchev–Trinajstić information content (AvgIpc) is 1.77. The van der Waals surface area contributed by atoms with Crippen LogP contribution in [0.15, 0.2) is 70.9 Å². The number of hydrogen-bond acceptors (Lipinski definition) is 17. The Bertz CT molecular complexity index is 3540. The highest BCUT2D eigenvalue weighted by Gasteiger charge is 2.38. The van der Waals surface area contributed by atoms with Crippen molar-refractivity contribution in [1.29, 1.82) is 0 Å². The normalized spacial score (nSPS) is 16.9. The molecular weight excluding hydrogens is 1350 g/mol. The van der Waals surface area contributed by atoms with Gasteiger partial charge in [0.2, 0.25) is 11.8 Å². The molecule has 2 aromatic heterocycles. The number of phenolic OH excluding ortho intramolecular Hbond substituents is 1. The minimum atomic E-state index is -1.07. The van der Waals surface area contributed by atoms with Crippen LogP contribution in [-0.4, -0.2) is 215 Å². The van der Waals surface area contributed by atoms with Crippen LogP contribution in [0.5, 0.6) is 11.5 Å². The molecule has 5 N–H and O–H groups in total. The van der Waals surface area contributed by atoms with Gasteiger partial charge in [0, 0.05) is 133 Å². The van der Waals surface area contributed by atoms with E-state index in [0.717, 1.165) is 165 Å². The number of nitrogens with zero attached hydrogens (tertiary/aromatic N) is 14. The van der Waals surface area contributed by atoms with Gasteiger partial charge in [0.05, 0.1) is 38.1 Å². The molecule has 30 heteroatoms. The fourth-order valence-electron chi connectivity index (χ4n) is 14.0. The molecular formula is C75H108F2N16O12. The number of halogens is 2. The number of aryl methyl sites for hydroxylation is 4. The van der Waals surface area contributed by atoms with E-state index < -0.39 is 41.4 Å². The van der Waals surface area contributed by atoms with Crippen LogP contribution >= 0.6 is 0 Å². The molecule has 0 saturated carbocycles. The third kappa shape index (κ3) is 26.4. The highest BCUT2D eigenvalue weighted by Crippen LogP contribution is 2.35. The number of ether oxygens (including phenoxy) is 3. The molecule has 6 amide bonds. The van der Waals surface area contributed by atoms with Gasteiger partial charge in [-0.05, 0) is 204 Å². The van der Waals surface area contributed by atoms with Crippen molar-refractivity contribution in [2.45, 2.75) is 168 Å². The van der Waals surface area contributed by atoms with E-state index in [9.17, 15) is 43.4 Å². The monoisotopic (exact) mass is 1460 g/mol. The number of rotatable bonds is 31. The molecule has 574 valence electrons. The minimum Gasteiger partial charge on any atom is -0.505 e. The number of aliphatic hydroxyl groups excluding tert-OH is 1. The van der Waals surface area contributed by atoms with Crippen molar-refractivity contribution < 1.29 is 67.1 Å². The fraction of sp³-hybridized carbons (Fsp3) is 0.627. The maximum absolute atomic E-state index is 15.2. The van der Waals surface area contributed by atoms with Gasteiger partial charge in [0.25, 0.3) is 0 Å². The van der Waals surface area contributed by atoms with E-state index in [1.807, 2.05) is 11.0 Å². The van der Waals surface area contributed by atoms with Crippen LogP contribution in [0.25, 0.3) is 20.9 Å². The predicted octanol–water partition coefficient (Wildman–Crippen LogP) is 12.3. The second-order valence-corrected chi connectivity index (χ2v) is 27.1. The number of carboxylic acids is 1. The van der Waals surface area contributed by atoms with Crippen LogP contribution < -0.4 is 15.4 Å². The molecule has 2 atom stereocenters. The van der Waals surface area contributed by atoms with Crippen molar-refractivity contribution in [1.82, 2.24) is 39.4 Å². The van der Waals surface area contributed by atoms with Crippen molar-refractivity contribution in [3.05, 3.63) is 127 Å². The Balaban J connectivity index is 0.000000227. The minimum absolute atomic E-state index is 0. The summed E-state index contributed by atoms with van der Waals surface area (Å²) in [5.41, 5.74) is 21.8. The molecule has 0 radical (unpaired) electrons. The van der Waals surface area contributed by atoms with Crippen molar-refractivity contribution in [2.75, 3.05) is 135 Å². The number of carbonyl (C=O) groups excluding carboxylic acids is 5. The third-order valence-corrected chi connectivity index (χ3v) is 19.9. The average molecular weight is 1460 g/mol. The molecule has 7 aliphatic rings. The summed E-state index contributed by atoms with van der Waals surface area (Å²) >= 11 is 0. The van der Waals surface area contributed by atoms with E-state index in [1.165, 1.54) is 59.2 Å². The largest absolute Gasteiger partial charge is 0.505 e. The van der Waals surface area contributed by atoms with Gasteiger partial charge in [-0.15, -0.1) is 0 Å². The smallest absolute Gasteiger partial charge is 0.320 e. The Labute approximate surface area is 614 Å². The van der Waals surface area contributed by atoms with Crippen LogP contribution in [0.1, 0.15) is 176 Å². The molecule has 0 bridgehead atoms. The van der Waals surface area contributed by atoms with Crippen LogP contribution in [0, 0.1) is 23.5 Å². The summed E-state index contributed by atoms with van der Waals surface area (Å²) in [6, 6.07) is 14.8. The standard InChI is InChI=1S/C32H41FN8O5.C25H31FN4O4.C13H24N4O2.C4H8O.CH4/c33-26-19-24(6-8-28(26)46-18-11-22-9-14-39(15-10-22)29(42)21-36-38-34)27(20-30(43)44)41-17-16-40(32(41)45)13-2-4-25-7-5-23-3-1-12-35-31(23)37-25;1-2-34-23(32)16-21(18-8-10-22(31)20(26)15-18)30-14-13-29(25(30)33)12-4-6-19-9-7-17-5-3-11-27-24(17)28-19;14-16-15-8-3-1-2-4-13(19)17-9-5-12(6-10-17)7-11-18;1-2-4-5-3-1;/h5-8,19,22,27H,1-4,9-18,20-21H2,(H,35,37)(H,43,44);7-10,15,21,31H,2-6,11-14,16H2,1H3,(H,27,28);12,18H,1-11H2;1-4H2;1H4/t27-;21-;;;/m00.../s1. The zero-order valence-corrected chi connectivity index (χ0v) is 60.1. The molecule has 9 heterocycles. The van der Waals surface area contributed by atoms with Crippen LogP contribution in [0.3, 0.4) is 0 Å². The molecule has 105 heavy (non-hydrogen) atoms. The molecule has 5 fully saturated rings. The van der Waals surface area contributed by atoms with Gasteiger partial charge in [-0.3, -0.25) is 19.2 Å². The van der Waals surface area contributed by atoms with Gasteiger partial charge in [-0.2, -0.15) is 0 Å². The molecule has 0 aliphatic carbocycles. The number of hydrogen-bond donors (Lipinski definition) is 5. The number of azide groups is 2. The number of phenols is 1. The number of aromatic nitrogens is 2. The van der Waals surface area contributed by atoms with Crippen molar-refractivity contribution >= 4 is 47.5 Å². The number of unbranched alkanes of at least 4 members (excludes halogenated alkanes) is 2. The summed E-state index contributed by atoms with van der Waals surface area (Å²) in [6.07, 6.45) is 17.8. The number of piperidine rings is 2. The van der Waals surface area contributed by atoms with Crippen molar-refractivity contribution in [3.63, 3.8) is 0 Å². The zero-order chi connectivity index (χ0) is 74.0. The predicted molar refractivity (Wildman–Crippen MR) is 393 cm³/mol. The number of fused-ring (bicyclic) bond motifs is 2. The molecule has 4 aromatic rings. The van der Waals surface area contributed by atoms with Crippen molar-refractivity contribution in [3.8, 4) is 11.5 Å². The van der Waals surface area contributed by atoms with Gasteiger partial charge >= 0.3 is 24.0 Å². The first-order chi connectivity index (χ1) is 50.5. The number of benzene rings is 2. The van der Waals surface area contributed by atoms with E-state index in [2.05, 4.69) is 48.9 Å². The highest BCUT2D eigenvalue weighted by atomic mass is 19.1. The third-order valence-electron chi connectivity index (χ3n) is 19.9.